The molecule has 30 heavy (non-hydrogen) atoms. The molecule has 1 saturated carbocycles. The number of nitrogens with one attached hydrogen (secondary N) is 1. The summed E-state index contributed by atoms with van der Waals surface area (Å²) in [5.41, 5.74) is 0.433. The average molecular weight is 407 g/mol. The van der Waals surface area contributed by atoms with Crippen molar-refractivity contribution in [2.24, 2.45) is 5.92 Å². The zero-order valence-corrected chi connectivity index (χ0v) is 16.5. The Kier molecular flexibility index (Phi) is 5.52. The minimum absolute atomic E-state index is 0.116. The quantitative estimate of drug-likeness (QED) is 0.595. The highest BCUT2D eigenvalue weighted by Gasteiger charge is 2.22. The summed E-state index contributed by atoms with van der Waals surface area (Å²) < 4.78 is 16.2. The number of carbonyl (C=O) groups excluding carboxylic acids is 2. The van der Waals surface area contributed by atoms with Gasteiger partial charge >= 0.3 is 5.97 Å². The fourth-order valence-electron chi connectivity index (χ4n) is 2.97. The summed E-state index contributed by atoms with van der Waals surface area (Å²) in [6.45, 7) is 2.51. The number of esters is 1. The molecule has 0 bridgehead atoms. The average Bonchev–Trinajstić information content (AvgIpc) is 3.58. The van der Waals surface area contributed by atoms with Gasteiger partial charge in [0, 0.05) is 11.6 Å². The summed E-state index contributed by atoms with van der Waals surface area (Å²) >= 11 is 0. The number of anilines is 1. The van der Waals surface area contributed by atoms with Gasteiger partial charge in [0.25, 0.3) is 5.91 Å². The van der Waals surface area contributed by atoms with Crippen molar-refractivity contribution < 1.29 is 23.5 Å². The molecule has 0 aliphatic heterocycles. The summed E-state index contributed by atoms with van der Waals surface area (Å²) in [7, 11) is 0. The molecular weight excluding hydrogens is 386 g/mol. The molecule has 3 aromatic rings. The molecule has 154 valence electrons. The summed E-state index contributed by atoms with van der Waals surface area (Å²) in [6.07, 6.45) is 2.42. The van der Waals surface area contributed by atoms with E-state index >= 15 is 0 Å². The monoisotopic (exact) mass is 407 g/mol. The number of benzene rings is 2. The van der Waals surface area contributed by atoms with Gasteiger partial charge in [0.05, 0.1) is 24.3 Å². The highest BCUT2D eigenvalue weighted by Crippen LogP contribution is 2.29. The minimum atomic E-state index is -0.737. The molecule has 0 saturated heterocycles. The Bertz CT molecular complexity index is 1140. The maximum Gasteiger partial charge on any atom is 0.374 e. The summed E-state index contributed by atoms with van der Waals surface area (Å²) in [5, 5.41) is 3.00. The second-order valence-electron chi connectivity index (χ2n) is 7.11. The van der Waals surface area contributed by atoms with Crippen LogP contribution in [0, 0.1) is 5.92 Å². The fraction of sp³-hybridized carbons (Fsp3) is 0.261. The molecule has 0 radical (unpaired) electrons. The van der Waals surface area contributed by atoms with Crippen LogP contribution in [0.2, 0.25) is 0 Å². The number of fused-ring (bicyclic) bond motifs is 1. The Hall–Kier alpha value is -3.61. The van der Waals surface area contributed by atoms with Gasteiger partial charge in [-0.15, -0.1) is 0 Å². The predicted molar refractivity (Wildman–Crippen MR) is 111 cm³/mol. The lowest BCUT2D eigenvalue weighted by Gasteiger charge is -2.10. The lowest BCUT2D eigenvalue weighted by Crippen LogP contribution is -2.14. The number of hydrogen-bond acceptors (Lipinski definition) is 6. The van der Waals surface area contributed by atoms with Crippen molar-refractivity contribution in [3.63, 3.8) is 0 Å². The highest BCUT2D eigenvalue weighted by molar-refractivity contribution is 6.08. The summed E-state index contributed by atoms with van der Waals surface area (Å²) in [4.78, 5) is 37.0. The van der Waals surface area contributed by atoms with E-state index in [4.69, 9.17) is 13.9 Å². The third kappa shape index (κ3) is 4.35. The predicted octanol–water partition coefficient (Wildman–Crippen LogP) is 4.01. The van der Waals surface area contributed by atoms with E-state index in [2.05, 4.69) is 5.32 Å². The highest BCUT2D eigenvalue weighted by atomic mass is 16.5. The number of ether oxygens (including phenoxy) is 2. The molecule has 1 fully saturated rings. The van der Waals surface area contributed by atoms with Crippen LogP contribution in [0.4, 0.5) is 5.69 Å². The number of para-hydroxylation sites is 1. The number of rotatable bonds is 7. The molecule has 1 aliphatic carbocycles. The molecule has 7 nitrogen and oxygen atoms in total. The van der Waals surface area contributed by atoms with Gasteiger partial charge in [-0.05, 0) is 62.1 Å². The molecule has 0 atom stereocenters. The minimum Gasteiger partial charge on any atom is -0.493 e. The van der Waals surface area contributed by atoms with Crippen LogP contribution in [0.1, 0.15) is 40.7 Å². The first-order valence-electron chi connectivity index (χ1n) is 9.83. The number of hydrogen-bond donors (Lipinski definition) is 1. The lowest BCUT2D eigenvalue weighted by atomic mass is 10.1. The van der Waals surface area contributed by atoms with E-state index in [0.717, 1.165) is 6.07 Å². The van der Waals surface area contributed by atoms with Crippen LogP contribution in [0.25, 0.3) is 11.0 Å². The Morgan fingerprint density at radius 3 is 2.60 bits per heavy atom. The van der Waals surface area contributed by atoms with Crippen LogP contribution < -0.4 is 15.5 Å². The third-order valence-corrected chi connectivity index (χ3v) is 4.78. The van der Waals surface area contributed by atoms with Crippen molar-refractivity contribution in [2.45, 2.75) is 19.8 Å². The largest absolute Gasteiger partial charge is 0.493 e. The van der Waals surface area contributed by atoms with Gasteiger partial charge in [-0.25, -0.2) is 4.79 Å². The van der Waals surface area contributed by atoms with Gasteiger partial charge in [-0.2, -0.15) is 0 Å². The van der Waals surface area contributed by atoms with E-state index in [9.17, 15) is 14.4 Å². The molecule has 1 aromatic heterocycles. The zero-order chi connectivity index (χ0) is 21.1. The van der Waals surface area contributed by atoms with Gasteiger partial charge in [-0.3, -0.25) is 9.59 Å². The Balaban J connectivity index is 1.57. The van der Waals surface area contributed by atoms with Crippen molar-refractivity contribution in [3.8, 4) is 5.75 Å². The standard InChI is InChI=1S/C23H21NO6/c1-2-28-23(27)20-12-19(25)17-4-3-5-18(21(17)30-20)24-22(26)15-8-10-16(11-9-15)29-13-14-6-7-14/h3-5,8-12,14H,2,6-7,13H2,1H3,(H,24,26). The van der Waals surface area contributed by atoms with Crippen molar-refractivity contribution in [3.05, 3.63) is 70.1 Å². The van der Waals surface area contributed by atoms with E-state index < -0.39 is 11.4 Å². The fourth-order valence-corrected chi connectivity index (χ4v) is 2.97. The molecule has 4 rings (SSSR count). The Morgan fingerprint density at radius 1 is 1.13 bits per heavy atom. The van der Waals surface area contributed by atoms with Crippen LogP contribution in [-0.4, -0.2) is 25.1 Å². The van der Waals surface area contributed by atoms with Crippen LogP contribution in [0.3, 0.4) is 0 Å². The van der Waals surface area contributed by atoms with Gasteiger partial charge in [0.15, 0.2) is 11.0 Å². The zero-order valence-electron chi connectivity index (χ0n) is 16.5. The van der Waals surface area contributed by atoms with Crippen molar-refractivity contribution in [1.82, 2.24) is 0 Å². The van der Waals surface area contributed by atoms with E-state index in [1.165, 1.54) is 12.8 Å². The topological polar surface area (TPSA) is 94.8 Å². The number of amides is 1. The van der Waals surface area contributed by atoms with E-state index in [-0.39, 0.29) is 34.9 Å². The van der Waals surface area contributed by atoms with Crippen LogP contribution in [0.5, 0.6) is 5.75 Å². The summed E-state index contributed by atoms with van der Waals surface area (Å²) in [6, 6.07) is 12.7. The molecule has 1 amide bonds. The van der Waals surface area contributed by atoms with Gasteiger partial charge in [-0.1, -0.05) is 6.07 Å². The molecule has 7 heteroatoms. The molecule has 1 heterocycles. The van der Waals surface area contributed by atoms with Crippen molar-refractivity contribution in [2.75, 3.05) is 18.5 Å². The maximum absolute atomic E-state index is 12.7. The molecular formula is C23H21NO6. The van der Waals surface area contributed by atoms with Gasteiger partial charge in [0.2, 0.25) is 5.76 Å². The van der Waals surface area contributed by atoms with E-state index in [1.54, 1.807) is 49.4 Å². The van der Waals surface area contributed by atoms with Gasteiger partial charge < -0.3 is 19.2 Å². The molecule has 1 aliphatic rings. The smallest absolute Gasteiger partial charge is 0.374 e. The molecule has 2 aromatic carbocycles. The maximum atomic E-state index is 12.7. The van der Waals surface area contributed by atoms with E-state index in [1.807, 2.05) is 0 Å². The first-order chi connectivity index (χ1) is 14.5. The second kappa shape index (κ2) is 8.41. The molecule has 0 unspecified atom stereocenters. The Morgan fingerprint density at radius 2 is 1.90 bits per heavy atom. The molecule has 1 N–H and O–H groups in total. The first-order valence-corrected chi connectivity index (χ1v) is 9.83. The Labute approximate surface area is 172 Å². The van der Waals surface area contributed by atoms with Crippen molar-refractivity contribution in [1.29, 1.82) is 0 Å². The lowest BCUT2D eigenvalue weighted by molar-refractivity contribution is 0.0490. The first kappa shape index (κ1) is 19.7. The SMILES string of the molecule is CCOC(=O)c1cc(=O)c2cccc(NC(=O)c3ccc(OCC4CC4)cc3)c2o1. The van der Waals surface area contributed by atoms with Crippen LogP contribution in [0.15, 0.2) is 57.7 Å². The normalized spacial score (nSPS) is 13.1. The third-order valence-electron chi connectivity index (χ3n) is 4.78. The van der Waals surface area contributed by atoms with E-state index in [0.29, 0.717) is 23.8 Å². The second-order valence-corrected chi connectivity index (χ2v) is 7.11. The summed E-state index contributed by atoms with van der Waals surface area (Å²) in [5.74, 6) is 0.0373. The van der Waals surface area contributed by atoms with Crippen molar-refractivity contribution >= 4 is 28.5 Å². The van der Waals surface area contributed by atoms with Gasteiger partial charge in [0.1, 0.15) is 5.75 Å². The van der Waals surface area contributed by atoms with Crippen LogP contribution >= 0.6 is 0 Å². The number of carbonyl (C=O) groups is 2. The molecule has 0 spiro atoms. The van der Waals surface area contributed by atoms with Crippen LogP contribution in [-0.2, 0) is 4.74 Å².